The van der Waals surface area contributed by atoms with Crippen LogP contribution in [0, 0.1) is 0 Å². The van der Waals surface area contributed by atoms with Gasteiger partial charge in [-0.1, -0.05) is 48.0 Å². The molecular weight excluding hydrogens is 476 g/mol. The average molecular weight is 497 g/mol. The molecular formula is C29H21ClN2O4. The van der Waals surface area contributed by atoms with Gasteiger partial charge in [-0.05, 0) is 65.7 Å². The number of likely N-dealkylation sites (tertiary alicyclic amines) is 1. The van der Waals surface area contributed by atoms with E-state index in [-0.39, 0.29) is 17.9 Å². The van der Waals surface area contributed by atoms with Crippen LogP contribution in [-0.4, -0.2) is 26.7 Å². The molecule has 1 atom stereocenters. The van der Waals surface area contributed by atoms with Gasteiger partial charge in [-0.3, -0.25) is 14.6 Å². The lowest BCUT2D eigenvalue weighted by Gasteiger charge is -2.25. The van der Waals surface area contributed by atoms with Crippen molar-refractivity contribution in [3.63, 3.8) is 0 Å². The molecule has 1 aliphatic rings. The Hall–Kier alpha value is -4.42. The zero-order valence-electron chi connectivity index (χ0n) is 19.0. The Kier molecular flexibility index (Phi) is 6.52. The number of aromatic nitrogens is 1. The van der Waals surface area contributed by atoms with Crippen molar-refractivity contribution >= 4 is 29.1 Å². The lowest BCUT2D eigenvalue weighted by Crippen LogP contribution is -2.29. The third kappa shape index (κ3) is 4.72. The highest BCUT2D eigenvalue weighted by molar-refractivity contribution is 6.46. The SMILES string of the molecule is O=C1C(=O)N(Cc2cccnc2)C(c2cccc(Oc3ccccc3)c2)/C1=C(/O)c1ccc(Cl)cc1. The van der Waals surface area contributed by atoms with Crippen LogP contribution in [0.15, 0.2) is 109 Å². The molecule has 1 N–H and O–H groups in total. The maximum absolute atomic E-state index is 13.3. The number of para-hydroxylation sites is 1. The number of nitrogens with zero attached hydrogens (tertiary/aromatic N) is 2. The van der Waals surface area contributed by atoms with E-state index in [0.29, 0.717) is 27.6 Å². The van der Waals surface area contributed by atoms with Crippen molar-refractivity contribution in [3.8, 4) is 11.5 Å². The molecule has 0 aliphatic carbocycles. The summed E-state index contributed by atoms with van der Waals surface area (Å²) >= 11 is 6.00. The molecule has 5 rings (SSSR count). The number of hydrogen-bond donors (Lipinski definition) is 1. The van der Waals surface area contributed by atoms with E-state index in [4.69, 9.17) is 16.3 Å². The summed E-state index contributed by atoms with van der Waals surface area (Å²) in [7, 11) is 0. The third-order valence-electron chi connectivity index (χ3n) is 5.89. The van der Waals surface area contributed by atoms with E-state index < -0.39 is 17.7 Å². The van der Waals surface area contributed by atoms with Gasteiger partial charge in [0.05, 0.1) is 11.6 Å². The number of rotatable bonds is 6. The number of hydrogen-bond acceptors (Lipinski definition) is 5. The first-order valence-corrected chi connectivity index (χ1v) is 11.6. The molecule has 6 nitrogen and oxygen atoms in total. The highest BCUT2D eigenvalue weighted by Gasteiger charge is 2.46. The summed E-state index contributed by atoms with van der Waals surface area (Å²) in [5.41, 5.74) is 1.78. The van der Waals surface area contributed by atoms with Gasteiger partial charge in [-0.2, -0.15) is 0 Å². The van der Waals surface area contributed by atoms with Crippen LogP contribution in [0.2, 0.25) is 5.02 Å². The summed E-state index contributed by atoms with van der Waals surface area (Å²) in [5, 5.41) is 11.7. The van der Waals surface area contributed by atoms with Crippen molar-refractivity contribution in [3.05, 3.63) is 131 Å². The molecule has 36 heavy (non-hydrogen) atoms. The second-order valence-electron chi connectivity index (χ2n) is 8.28. The van der Waals surface area contributed by atoms with E-state index in [1.165, 1.54) is 4.90 Å². The standard InChI is InChI=1S/C29H21ClN2O4/c30-22-13-11-20(12-14-22)27(33)25-26(32(29(35)28(25)34)18-19-6-5-15-31-17-19)21-7-4-10-24(16-21)36-23-8-2-1-3-9-23/h1-17,26,33H,18H2/b27-25-. The minimum absolute atomic E-state index is 0.00285. The minimum atomic E-state index is -0.833. The third-order valence-corrected chi connectivity index (χ3v) is 6.14. The Morgan fingerprint density at radius 2 is 1.67 bits per heavy atom. The van der Waals surface area contributed by atoms with E-state index in [1.54, 1.807) is 67.0 Å². The maximum Gasteiger partial charge on any atom is 0.295 e. The Balaban J connectivity index is 1.61. The summed E-state index contributed by atoms with van der Waals surface area (Å²) in [6.07, 6.45) is 3.28. The van der Waals surface area contributed by atoms with Crippen LogP contribution in [0.5, 0.6) is 11.5 Å². The number of benzene rings is 3. The van der Waals surface area contributed by atoms with Crippen molar-refractivity contribution in [2.24, 2.45) is 0 Å². The first kappa shape index (κ1) is 23.3. The lowest BCUT2D eigenvalue weighted by atomic mass is 9.95. The van der Waals surface area contributed by atoms with Gasteiger partial charge >= 0.3 is 0 Å². The molecule has 0 radical (unpaired) electrons. The van der Waals surface area contributed by atoms with Crippen molar-refractivity contribution in [1.82, 2.24) is 9.88 Å². The summed E-state index contributed by atoms with van der Waals surface area (Å²) in [6.45, 7) is 0.143. The fraction of sp³-hybridized carbons (Fsp3) is 0.0690. The quantitative estimate of drug-likeness (QED) is 0.197. The summed E-state index contributed by atoms with van der Waals surface area (Å²) in [5.74, 6) is -0.532. The Morgan fingerprint density at radius 1 is 0.917 bits per heavy atom. The van der Waals surface area contributed by atoms with E-state index in [0.717, 1.165) is 5.56 Å². The first-order chi connectivity index (χ1) is 17.5. The van der Waals surface area contributed by atoms with E-state index in [2.05, 4.69) is 4.98 Å². The number of aliphatic hydroxyl groups excluding tert-OH is 1. The number of amides is 1. The predicted octanol–water partition coefficient (Wildman–Crippen LogP) is 6.15. The molecule has 0 saturated carbocycles. The highest BCUT2D eigenvalue weighted by Crippen LogP contribution is 2.41. The molecule has 3 aromatic carbocycles. The van der Waals surface area contributed by atoms with Crippen LogP contribution in [0.3, 0.4) is 0 Å². The van der Waals surface area contributed by atoms with Crippen LogP contribution >= 0.6 is 11.6 Å². The Bertz CT molecular complexity index is 1440. The molecule has 7 heteroatoms. The van der Waals surface area contributed by atoms with Crippen LogP contribution in [0.4, 0.5) is 0 Å². The van der Waals surface area contributed by atoms with E-state index >= 15 is 0 Å². The number of halogens is 1. The smallest absolute Gasteiger partial charge is 0.295 e. The Morgan fingerprint density at radius 3 is 2.39 bits per heavy atom. The van der Waals surface area contributed by atoms with Crippen LogP contribution < -0.4 is 4.74 Å². The molecule has 1 amide bonds. The number of pyridine rings is 1. The fourth-order valence-electron chi connectivity index (χ4n) is 4.21. The van der Waals surface area contributed by atoms with Gasteiger partial charge in [0.25, 0.3) is 11.7 Å². The van der Waals surface area contributed by atoms with Crippen LogP contribution in [-0.2, 0) is 16.1 Å². The fourth-order valence-corrected chi connectivity index (χ4v) is 4.34. The number of carbonyl (C=O) groups is 2. The molecule has 1 aliphatic heterocycles. The second-order valence-corrected chi connectivity index (χ2v) is 8.72. The van der Waals surface area contributed by atoms with Gasteiger partial charge in [0.1, 0.15) is 17.3 Å². The van der Waals surface area contributed by atoms with Gasteiger partial charge < -0.3 is 14.7 Å². The molecule has 1 fully saturated rings. The first-order valence-electron chi connectivity index (χ1n) is 11.3. The zero-order valence-corrected chi connectivity index (χ0v) is 19.8. The normalized spacial score (nSPS) is 16.8. The monoisotopic (exact) mass is 496 g/mol. The molecule has 0 bridgehead atoms. The van der Waals surface area contributed by atoms with Gasteiger partial charge in [-0.25, -0.2) is 0 Å². The van der Waals surface area contributed by atoms with Crippen molar-refractivity contribution in [2.75, 3.05) is 0 Å². The number of ether oxygens (including phenoxy) is 1. The second kappa shape index (κ2) is 10.1. The number of ketones is 1. The average Bonchev–Trinajstić information content (AvgIpc) is 3.15. The highest BCUT2D eigenvalue weighted by atomic mass is 35.5. The van der Waals surface area contributed by atoms with Gasteiger partial charge in [0.2, 0.25) is 0 Å². The van der Waals surface area contributed by atoms with Crippen molar-refractivity contribution in [1.29, 1.82) is 0 Å². The number of aliphatic hydroxyl groups is 1. The molecule has 1 unspecified atom stereocenters. The molecule has 178 valence electrons. The molecule has 1 aromatic heterocycles. The number of carbonyl (C=O) groups excluding carboxylic acids is 2. The summed E-state index contributed by atoms with van der Waals surface area (Å²) in [6, 6.07) is 25.7. The van der Waals surface area contributed by atoms with Crippen LogP contribution in [0.25, 0.3) is 5.76 Å². The van der Waals surface area contributed by atoms with Crippen molar-refractivity contribution < 1.29 is 19.4 Å². The van der Waals surface area contributed by atoms with E-state index in [9.17, 15) is 14.7 Å². The molecule has 0 spiro atoms. The van der Waals surface area contributed by atoms with Gasteiger partial charge in [0, 0.05) is 29.5 Å². The van der Waals surface area contributed by atoms with Gasteiger partial charge in [-0.15, -0.1) is 0 Å². The zero-order chi connectivity index (χ0) is 25.1. The maximum atomic E-state index is 13.3. The van der Waals surface area contributed by atoms with Gasteiger partial charge in [0.15, 0.2) is 0 Å². The lowest BCUT2D eigenvalue weighted by molar-refractivity contribution is -0.140. The Labute approximate surface area is 213 Å². The molecule has 4 aromatic rings. The van der Waals surface area contributed by atoms with Crippen molar-refractivity contribution in [2.45, 2.75) is 12.6 Å². The molecule has 1 saturated heterocycles. The summed E-state index contributed by atoms with van der Waals surface area (Å²) in [4.78, 5) is 32.1. The molecule has 2 heterocycles. The van der Waals surface area contributed by atoms with Crippen LogP contribution in [0.1, 0.15) is 22.7 Å². The predicted molar refractivity (Wildman–Crippen MR) is 136 cm³/mol. The van der Waals surface area contributed by atoms with E-state index in [1.807, 2.05) is 36.4 Å². The summed E-state index contributed by atoms with van der Waals surface area (Å²) < 4.78 is 5.99. The topological polar surface area (TPSA) is 79.7 Å². The number of Topliss-reactive ketones (excluding diaryl/α,β-unsaturated/α-hetero) is 1. The minimum Gasteiger partial charge on any atom is -0.507 e. The largest absolute Gasteiger partial charge is 0.507 e.